The second-order valence-electron chi connectivity index (χ2n) is 11.8. The highest BCUT2D eigenvalue weighted by Gasteiger charge is 2.44. The Morgan fingerprint density at radius 2 is 1.70 bits per heavy atom. The molecule has 2 aliphatic rings. The zero-order chi connectivity index (χ0) is 31.8. The number of benzene rings is 1. The van der Waals surface area contributed by atoms with Crippen LogP contribution >= 0.6 is 0 Å². The minimum Gasteiger partial charge on any atom is -0.490 e. The molecule has 44 heavy (non-hydrogen) atoms. The highest BCUT2D eigenvalue weighted by molar-refractivity contribution is 5.44. The van der Waals surface area contributed by atoms with E-state index in [-0.39, 0.29) is 17.7 Å². The van der Waals surface area contributed by atoms with E-state index in [4.69, 9.17) is 19.9 Å². The van der Waals surface area contributed by atoms with E-state index in [0.29, 0.717) is 17.7 Å². The van der Waals surface area contributed by atoms with Crippen molar-refractivity contribution < 1.29 is 48.5 Å². The van der Waals surface area contributed by atoms with Crippen molar-refractivity contribution in [3.8, 4) is 11.6 Å². The fourth-order valence-corrected chi connectivity index (χ4v) is 5.03. The minimum atomic E-state index is -4.08. The predicted octanol–water partition coefficient (Wildman–Crippen LogP) is 1.81. The lowest BCUT2D eigenvalue weighted by atomic mass is 9.86. The average molecular weight is 618 g/mol. The number of nitrogens with two attached hydrogens (primary N) is 1. The first-order valence-corrected chi connectivity index (χ1v) is 14.3. The maximum atomic E-state index is 14.0. The van der Waals surface area contributed by atoms with Gasteiger partial charge in [-0.1, -0.05) is 18.2 Å². The van der Waals surface area contributed by atoms with Gasteiger partial charge in [-0.15, -0.1) is 0 Å². The Morgan fingerprint density at radius 1 is 0.977 bits per heavy atom. The van der Waals surface area contributed by atoms with Crippen LogP contribution < -0.4 is 15.2 Å². The fourth-order valence-electron chi connectivity index (χ4n) is 5.03. The van der Waals surface area contributed by atoms with Crippen LogP contribution in [-0.4, -0.2) is 78.9 Å². The molecular formula is C31H37F2N3O8. The maximum Gasteiger partial charge on any atom is 0.384 e. The van der Waals surface area contributed by atoms with Crippen LogP contribution in [0.4, 0.5) is 8.78 Å². The number of ether oxygens (including phenoxy) is 3. The van der Waals surface area contributed by atoms with Crippen molar-refractivity contribution in [3.63, 3.8) is 0 Å². The van der Waals surface area contributed by atoms with Gasteiger partial charge in [0.1, 0.15) is 29.7 Å². The molecule has 1 aliphatic heterocycles. The van der Waals surface area contributed by atoms with E-state index < -0.39 is 60.4 Å². The van der Waals surface area contributed by atoms with Crippen molar-refractivity contribution in [1.29, 1.82) is 0 Å². The standard InChI is InChI=1S/C31H37F2N3O8/c1-30(2,40)24-9-5-18(14-35-24)20(17-4-8-21(31(32,33)41)22(12-17)42-19-6-7-19)11-16-3-10-25(36-13-16)44-29-26(34)28(39)27(38)23(15-37)43-29/h3-5,8-10,12-14,19-20,23,26-29,37-41H,6-7,11,15,34H2,1-2H3/t20-,23?,26+,27+,28?,29+/m0/s1. The maximum absolute atomic E-state index is 14.0. The van der Waals surface area contributed by atoms with Crippen LogP contribution in [0.5, 0.6) is 11.6 Å². The van der Waals surface area contributed by atoms with Crippen molar-refractivity contribution in [3.05, 3.63) is 82.8 Å². The molecule has 3 heterocycles. The fraction of sp³-hybridized carbons (Fsp3) is 0.484. The molecule has 0 amide bonds. The molecule has 2 aromatic heterocycles. The number of pyridine rings is 2. The molecule has 2 fully saturated rings. The smallest absolute Gasteiger partial charge is 0.384 e. The van der Waals surface area contributed by atoms with E-state index >= 15 is 0 Å². The van der Waals surface area contributed by atoms with Crippen molar-refractivity contribution in [1.82, 2.24) is 9.97 Å². The Labute approximate surface area is 252 Å². The number of alkyl halides is 2. The Kier molecular flexibility index (Phi) is 9.19. The lowest BCUT2D eigenvalue weighted by molar-refractivity contribution is -0.240. The molecular weight excluding hydrogens is 580 g/mol. The van der Waals surface area contributed by atoms with Crippen molar-refractivity contribution in [2.45, 2.75) is 87.5 Å². The number of hydrogen-bond donors (Lipinski definition) is 6. The molecule has 11 nitrogen and oxygen atoms in total. The van der Waals surface area contributed by atoms with Crippen molar-refractivity contribution >= 4 is 0 Å². The summed E-state index contributed by atoms with van der Waals surface area (Å²) in [6.07, 6.45) is -4.27. The largest absolute Gasteiger partial charge is 0.490 e. The first-order valence-electron chi connectivity index (χ1n) is 14.3. The van der Waals surface area contributed by atoms with Gasteiger partial charge < -0.3 is 45.5 Å². The van der Waals surface area contributed by atoms with E-state index in [2.05, 4.69) is 9.97 Å². The van der Waals surface area contributed by atoms with Gasteiger partial charge in [-0.3, -0.25) is 4.98 Å². The Hall–Kier alpha value is -3.30. The monoisotopic (exact) mass is 617 g/mol. The molecule has 0 bridgehead atoms. The van der Waals surface area contributed by atoms with Gasteiger partial charge >= 0.3 is 6.11 Å². The summed E-state index contributed by atoms with van der Waals surface area (Å²) in [4.78, 5) is 8.76. The Bertz CT molecular complexity index is 1410. The summed E-state index contributed by atoms with van der Waals surface area (Å²) in [7, 11) is 0. The summed E-state index contributed by atoms with van der Waals surface area (Å²) in [6.45, 7) is 2.69. The first-order chi connectivity index (χ1) is 20.7. The summed E-state index contributed by atoms with van der Waals surface area (Å²) < 4.78 is 45.0. The van der Waals surface area contributed by atoms with Crippen LogP contribution in [0.1, 0.15) is 60.6 Å². The molecule has 0 radical (unpaired) electrons. The van der Waals surface area contributed by atoms with E-state index in [0.717, 1.165) is 30.0 Å². The van der Waals surface area contributed by atoms with Gasteiger partial charge in [0.05, 0.1) is 30.0 Å². The molecule has 1 aromatic carbocycles. The highest BCUT2D eigenvalue weighted by Crippen LogP contribution is 2.40. The molecule has 1 saturated carbocycles. The molecule has 7 N–H and O–H groups in total. The van der Waals surface area contributed by atoms with Gasteiger partial charge in [0, 0.05) is 24.4 Å². The molecule has 5 rings (SSSR count). The predicted molar refractivity (Wildman–Crippen MR) is 152 cm³/mol. The molecule has 0 spiro atoms. The molecule has 1 saturated heterocycles. The highest BCUT2D eigenvalue weighted by atomic mass is 19.3. The third-order valence-electron chi connectivity index (χ3n) is 7.77. The van der Waals surface area contributed by atoms with Gasteiger partial charge in [0.25, 0.3) is 0 Å². The average Bonchev–Trinajstić information content (AvgIpc) is 3.80. The van der Waals surface area contributed by atoms with Crippen LogP contribution in [0.15, 0.2) is 54.9 Å². The van der Waals surface area contributed by atoms with Crippen molar-refractivity contribution in [2.24, 2.45) is 5.73 Å². The summed E-state index contributed by atoms with van der Waals surface area (Å²) in [5, 5.41) is 49.5. The minimum absolute atomic E-state index is 0.0947. The zero-order valence-electron chi connectivity index (χ0n) is 24.3. The van der Waals surface area contributed by atoms with Crippen molar-refractivity contribution in [2.75, 3.05) is 6.61 Å². The summed E-state index contributed by atoms with van der Waals surface area (Å²) in [5.41, 5.74) is 6.76. The molecule has 1 aliphatic carbocycles. The van der Waals surface area contributed by atoms with Crippen LogP contribution in [0.2, 0.25) is 0 Å². The van der Waals surface area contributed by atoms with Gasteiger partial charge in [-0.2, -0.15) is 8.78 Å². The second kappa shape index (κ2) is 12.6. The number of hydrogen-bond acceptors (Lipinski definition) is 11. The Morgan fingerprint density at radius 3 is 2.27 bits per heavy atom. The summed E-state index contributed by atoms with van der Waals surface area (Å²) in [6, 6.07) is 9.91. The molecule has 2 unspecified atom stereocenters. The number of rotatable bonds is 11. The number of halogens is 2. The second-order valence-corrected chi connectivity index (χ2v) is 11.8. The van der Waals surface area contributed by atoms with Crippen LogP contribution in [-0.2, 0) is 22.9 Å². The SMILES string of the molecule is CC(C)(O)c1ccc([C@@H](Cc2ccc(O[C@H]3OC(CO)[C@@H](O)C(O)[C@H]3N)nc2)c2ccc(C(O)(F)F)c(OC3CC3)c2)cn1. The molecule has 238 valence electrons. The van der Waals surface area contributed by atoms with E-state index in [1.807, 2.05) is 6.07 Å². The third kappa shape index (κ3) is 7.32. The summed E-state index contributed by atoms with van der Waals surface area (Å²) >= 11 is 0. The number of aliphatic hydroxyl groups excluding tert-OH is 3. The topological polar surface area (TPSA) is 181 Å². The van der Waals surface area contributed by atoms with E-state index in [1.54, 1.807) is 44.4 Å². The van der Waals surface area contributed by atoms with Crippen LogP contribution in [0, 0.1) is 0 Å². The van der Waals surface area contributed by atoms with E-state index in [9.17, 15) is 34.3 Å². The molecule has 6 atom stereocenters. The number of aliphatic hydroxyl groups is 5. The summed E-state index contributed by atoms with van der Waals surface area (Å²) in [5.74, 6) is -0.383. The van der Waals surface area contributed by atoms with Gasteiger partial charge in [-0.05, 0) is 68.0 Å². The van der Waals surface area contributed by atoms with Crippen LogP contribution in [0.3, 0.4) is 0 Å². The normalized spacial score (nSPS) is 25.0. The van der Waals surface area contributed by atoms with Gasteiger partial charge in [0.15, 0.2) is 0 Å². The first kappa shape index (κ1) is 32.1. The van der Waals surface area contributed by atoms with E-state index in [1.165, 1.54) is 12.1 Å². The number of nitrogens with zero attached hydrogens (tertiary/aromatic N) is 2. The lowest BCUT2D eigenvalue weighted by Gasteiger charge is -2.40. The van der Waals surface area contributed by atoms with Gasteiger partial charge in [0.2, 0.25) is 12.2 Å². The zero-order valence-corrected chi connectivity index (χ0v) is 24.3. The lowest BCUT2D eigenvalue weighted by Crippen LogP contribution is -2.63. The number of aromatic nitrogens is 2. The quantitative estimate of drug-likeness (QED) is 0.185. The van der Waals surface area contributed by atoms with Crippen LogP contribution in [0.25, 0.3) is 0 Å². The van der Waals surface area contributed by atoms with Gasteiger partial charge in [-0.25, -0.2) is 4.98 Å². The third-order valence-corrected chi connectivity index (χ3v) is 7.77. The molecule has 13 heteroatoms. The molecule has 3 aromatic rings. The Balaban J connectivity index is 1.42.